The Hall–Kier alpha value is -2.43. The van der Waals surface area contributed by atoms with E-state index in [0.29, 0.717) is 12.1 Å². The van der Waals surface area contributed by atoms with Crippen LogP contribution in [0.3, 0.4) is 0 Å². The molecule has 0 aliphatic rings. The minimum atomic E-state index is -0.362. The van der Waals surface area contributed by atoms with Gasteiger partial charge in [-0.2, -0.15) is 0 Å². The third-order valence-corrected chi connectivity index (χ3v) is 2.99. The molecule has 0 radical (unpaired) electrons. The number of carbonyl (C=O) groups excluding carboxylic acids is 1. The minimum Gasteiger partial charge on any atom is -0.367 e. The van der Waals surface area contributed by atoms with Crippen molar-refractivity contribution in [1.82, 2.24) is 9.88 Å². The fourth-order valence-corrected chi connectivity index (χ4v) is 1.94. The van der Waals surface area contributed by atoms with Crippen molar-refractivity contribution < 1.29 is 9.18 Å². The molecular formula is C15H15FN2O2. The SMILES string of the molecule is CCN(Cc1cccc(F)c1)C(=O)c1c[nH]ccc1=O. The molecule has 1 N–H and O–H groups in total. The van der Waals surface area contributed by atoms with Gasteiger partial charge in [0.1, 0.15) is 11.4 Å². The number of aromatic nitrogens is 1. The number of H-pyrrole nitrogens is 1. The quantitative estimate of drug-likeness (QED) is 0.929. The van der Waals surface area contributed by atoms with Crippen LogP contribution in [0.2, 0.25) is 0 Å². The predicted octanol–water partition coefficient (Wildman–Crippen LogP) is 2.18. The summed E-state index contributed by atoms with van der Waals surface area (Å²) in [6.45, 7) is 2.51. The van der Waals surface area contributed by atoms with Gasteiger partial charge in [0, 0.05) is 31.5 Å². The molecule has 1 aromatic carbocycles. The van der Waals surface area contributed by atoms with Crippen LogP contribution in [-0.4, -0.2) is 22.3 Å². The number of aromatic amines is 1. The van der Waals surface area contributed by atoms with E-state index in [4.69, 9.17) is 0 Å². The predicted molar refractivity (Wildman–Crippen MR) is 73.9 cm³/mol. The van der Waals surface area contributed by atoms with Crippen LogP contribution in [-0.2, 0) is 6.54 Å². The molecule has 0 saturated heterocycles. The van der Waals surface area contributed by atoms with Crippen LogP contribution in [0.1, 0.15) is 22.8 Å². The number of nitrogens with one attached hydrogen (secondary N) is 1. The summed E-state index contributed by atoms with van der Waals surface area (Å²) in [5.41, 5.74) is 0.449. The summed E-state index contributed by atoms with van der Waals surface area (Å²) in [5, 5.41) is 0. The Balaban J connectivity index is 2.23. The van der Waals surface area contributed by atoms with E-state index in [2.05, 4.69) is 4.98 Å². The van der Waals surface area contributed by atoms with Crippen molar-refractivity contribution in [1.29, 1.82) is 0 Å². The topological polar surface area (TPSA) is 53.2 Å². The summed E-state index contributed by atoms with van der Waals surface area (Å²) in [5.74, 6) is -0.706. The highest BCUT2D eigenvalue weighted by molar-refractivity contribution is 5.93. The van der Waals surface area contributed by atoms with Crippen molar-refractivity contribution in [3.05, 3.63) is 69.9 Å². The lowest BCUT2D eigenvalue weighted by molar-refractivity contribution is 0.0750. The maximum Gasteiger partial charge on any atom is 0.259 e. The van der Waals surface area contributed by atoms with Crippen molar-refractivity contribution >= 4 is 5.91 Å². The Bertz CT molecular complexity index is 667. The standard InChI is InChI=1S/C15H15FN2O2/c1-2-18(10-11-4-3-5-12(16)8-11)15(20)13-9-17-7-6-14(13)19/h3-9H,2,10H2,1H3,(H,17,19). The highest BCUT2D eigenvalue weighted by Crippen LogP contribution is 2.09. The molecule has 0 saturated carbocycles. The molecule has 2 rings (SSSR count). The first-order valence-electron chi connectivity index (χ1n) is 6.32. The second-order valence-corrected chi connectivity index (χ2v) is 4.37. The number of hydrogen-bond donors (Lipinski definition) is 1. The van der Waals surface area contributed by atoms with Gasteiger partial charge < -0.3 is 9.88 Å². The average Bonchev–Trinajstić information content (AvgIpc) is 2.44. The van der Waals surface area contributed by atoms with Gasteiger partial charge in [-0.25, -0.2) is 4.39 Å². The third-order valence-electron chi connectivity index (χ3n) is 2.99. The average molecular weight is 274 g/mol. The molecule has 0 atom stereocenters. The number of benzene rings is 1. The van der Waals surface area contributed by atoms with Gasteiger partial charge in [-0.05, 0) is 24.6 Å². The molecule has 0 fully saturated rings. The number of amides is 1. The zero-order valence-corrected chi connectivity index (χ0v) is 11.1. The molecule has 104 valence electrons. The van der Waals surface area contributed by atoms with Gasteiger partial charge in [0.15, 0.2) is 5.43 Å². The molecule has 1 aromatic heterocycles. The summed E-state index contributed by atoms with van der Waals surface area (Å²) >= 11 is 0. The van der Waals surface area contributed by atoms with E-state index in [-0.39, 0.29) is 29.3 Å². The lowest BCUT2D eigenvalue weighted by Gasteiger charge is -2.20. The first kappa shape index (κ1) is 14.0. The molecule has 0 bridgehead atoms. The Labute approximate surface area is 115 Å². The van der Waals surface area contributed by atoms with Crippen molar-refractivity contribution in [2.24, 2.45) is 0 Å². The maximum absolute atomic E-state index is 13.2. The molecule has 0 spiro atoms. The molecule has 2 aromatic rings. The van der Waals surface area contributed by atoms with E-state index in [1.165, 1.54) is 35.5 Å². The maximum atomic E-state index is 13.2. The van der Waals surface area contributed by atoms with Crippen molar-refractivity contribution in [3.63, 3.8) is 0 Å². The number of hydrogen-bond acceptors (Lipinski definition) is 2. The van der Waals surface area contributed by atoms with Crippen LogP contribution in [0.5, 0.6) is 0 Å². The Kier molecular flexibility index (Phi) is 4.30. The monoisotopic (exact) mass is 274 g/mol. The first-order chi connectivity index (χ1) is 9.61. The third kappa shape index (κ3) is 3.12. The van der Waals surface area contributed by atoms with Crippen LogP contribution in [0.4, 0.5) is 4.39 Å². The van der Waals surface area contributed by atoms with E-state index in [1.807, 2.05) is 6.92 Å². The number of halogens is 1. The summed E-state index contributed by atoms with van der Waals surface area (Å²) in [6, 6.07) is 7.38. The number of carbonyl (C=O) groups is 1. The Morgan fingerprint density at radius 2 is 2.15 bits per heavy atom. The lowest BCUT2D eigenvalue weighted by Crippen LogP contribution is -2.33. The summed E-state index contributed by atoms with van der Waals surface area (Å²) in [6.07, 6.45) is 2.86. The fraction of sp³-hybridized carbons (Fsp3) is 0.200. The normalized spacial score (nSPS) is 10.3. The minimum absolute atomic E-state index is 0.0887. The van der Waals surface area contributed by atoms with Gasteiger partial charge in [-0.15, -0.1) is 0 Å². The van der Waals surface area contributed by atoms with E-state index in [9.17, 15) is 14.0 Å². The number of rotatable bonds is 4. The van der Waals surface area contributed by atoms with Gasteiger partial charge in [-0.1, -0.05) is 12.1 Å². The highest BCUT2D eigenvalue weighted by Gasteiger charge is 2.17. The first-order valence-corrected chi connectivity index (χ1v) is 6.32. The van der Waals surface area contributed by atoms with Gasteiger partial charge in [0.25, 0.3) is 5.91 Å². The molecule has 1 amide bonds. The largest absolute Gasteiger partial charge is 0.367 e. The van der Waals surface area contributed by atoms with E-state index < -0.39 is 0 Å². The molecule has 0 aliphatic carbocycles. The van der Waals surface area contributed by atoms with Crippen LogP contribution >= 0.6 is 0 Å². The van der Waals surface area contributed by atoms with Gasteiger partial charge >= 0.3 is 0 Å². The number of nitrogens with zero attached hydrogens (tertiary/aromatic N) is 1. The molecule has 0 aliphatic heterocycles. The zero-order valence-electron chi connectivity index (χ0n) is 11.1. The molecule has 4 nitrogen and oxygen atoms in total. The van der Waals surface area contributed by atoms with Gasteiger partial charge in [0.05, 0.1) is 0 Å². The highest BCUT2D eigenvalue weighted by atomic mass is 19.1. The molecule has 5 heteroatoms. The van der Waals surface area contributed by atoms with E-state index >= 15 is 0 Å². The Morgan fingerprint density at radius 3 is 2.80 bits per heavy atom. The van der Waals surface area contributed by atoms with E-state index in [1.54, 1.807) is 12.1 Å². The fourth-order valence-electron chi connectivity index (χ4n) is 1.94. The summed E-state index contributed by atoms with van der Waals surface area (Å²) in [7, 11) is 0. The molecular weight excluding hydrogens is 259 g/mol. The molecule has 1 heterocycles. The Morgan fingerprint density at radius 1 is 1.35 bits per heavy atom. The van der Waals surface area contributed by atoms with E-state index in [0.717, 1.165) is 0 Å². The smallest absolute Gasteiger partial charge is 0.259 e. The van der Waals surface area contributed by atoms with Crippen LogP contribution < -0.4 is 5.43 Å². The van der Waals surface area contributed by atoms with Crippen molar-refractivity contribution in [3.8, 4) is 0 Å². The zero-order chi connectivity index (χ0) is 14.5. The summed E-state index contributed by atoms with van der Waals surface area (Å²) in [4.78, 5) is 28.2. The van der Waals surface area contributed by atoms with Crippen LogP contribution in [0, 0.1) is 5.82 Å². The number of pyridine rings is 1. The molecule has 0 unspecified atom stereocenters. The van der Waals surface area contributed by atoms with Crippen LogP contribution in [0.25, 0.3) is 0 Å². The van der Waals surface area contributed by atoms with Gasteiger partial charge in [-0.3, -0.25) is 9.59 Å². The van der Waals surface area contributed by atoms with Gasteiger partial charge in [0.2, 0.25) is 0 Å². The second-order valence-electron chi connectivity index (χ2n) is 4.37. The molecule has 20 heavy (non-hydrogen) atoms. The van der Waals surface area contributed by atoms with Crippen LogP contribution in [0.15, 0.2) is 47.5 Å². The summed E-state index contributed by atoms with van der Waals surface area (Å²) < 4.78 is 13.2. The second kappa shape index (κ2) is 6.14. The lowest BCUT2D eigenvalue weighted by atomic mass is 10.2. The van der Waals surface area contributed by atoms with Crippen molar-refractivity contribution in [2.75, 3.05) is 6.54 Å². The van der Waals surface area contributed by atoms with Crippen molar-refractivity contribution in [2.45, 2.75) is 13.5 Å².